The first kappa shape index (κ1) is 13.2. The Morgan fingerprint density at radius 2 is 2.18 bits per heavy atom. The number of nitrogens with zero attached hydrogens (tertiary/aromatic N) is 2. The number of halogens is 3. The van der Waals surface area contributed by atoms with E-state index in [1.165, 1.54) is 6.92 Å². The standard InChI is InChI=1S/C8H8F3N3O3/c1-4-3-13-7(14(15)16)5(2-12)6(4)17-8(9,10)11/h3H,2,12H2,1H3. The number of nitro groups is 1. The van der Waals surface area contributed by atoms with Gasteiger partial charge in [-0.1, -0.05) is 0 Å². The highest BCUT2D eigenvalue weighted by atomic mass is 19.4. The summed E-state index contributed by atoms with van der Waals surface area (Å²) < 4.78 is 40.1. The first-order chi connectivity index (χ1) is 7.76. The van der Waals surface area contributed by atoms with Crippen molar-refractivity contribution in [2.75, 3.05) is 0 Å². The van der Waals surface area contributed by atoms with Gasteiger partial charge < -0.3 is 20.6 Å². The van der Waals surface area contributed by atoms with Crippen LogP contribution >= 0.6 is 0 Å². The monoisotopic (exact) mass is 251 g/mol. The van der Waals surface area contributed by atoms with Gasteiger partial charge in [0.15, 0.2) is 0 Å². The molecule has 0 bridgehead atoms. The lowest BCUT2D eigenvalue weighted by Crippen LogP contribution is -2.20. The van der Waals surface area contributed by atoms with Gasteiger partial charge in [-0.15, -0.1) is 13.2 Å². The molecule has 0 saturated carbocycles. The predicted octanol–water partition coefficient (Wildman–Crippen LogP) is 1.66. The number of aryl methyl sites for hydroxylation is 1. The predicted molar refractivity (Wildman–Crippen MR) is 50.2 cm³/mol. The third-order valence-corrected chi connectivity index (χ3v) is 1.88. The molecule has 17 heavy (non-hydrogen) atoms. The molecule has 0 unspecified atom stereocenters. The molecule has 0 aliphatic heterocycles. The molecule has 0 aliphatic carbocycles. The average Bonchev–Trinajstić information content (AvgIpc) is 2.18. The highest BCUT2D eigenvalue weighted by Crippen LogP contribution is 2.33. The quantitative estimate of drug-likeness (QED) is 0.651. The topological polar surface area (TPSA) is 91.3 Å². The molecule has 6 nitrogen and oxygen atoms in total. The number of ether oxygens (including phenoxy) is 1. The van der Waals surface area contributed by atoms with Gasteiger partial charge in [-0.2, -0.15) is 0 Å². The second kappa shape index (κ2) is 4.53. The maximum Gasteiger partial charge on any atom is 0.573 e. The van der Waals surface area contributed by atoms with E-state index in [2.05, 4.69) is 9.72 Å². The molecular formula is C8H8F3N3O3. The SMILES string of the molecule is Cc1cnc([N+](=O)[O-])c(CN)c1OC(F)(F)F. The zero-order valence-electron chi connectivity index (χ0n) is 8.61. The molecule has 94 valence electrons. The second-order valence-corrected chi connectivity index (χ2v) is 3.08. The molecule has 1 aromatic heterocycles. The van der Waals surface area contributed by atoms with Gasteiger partial charge in [-0.05, 0) is 16.8 Å². The Morgan fingerprint density at radius 1 is 1.59 bits per heavy atom. The Bertz CT molecular complexity index is 448. The third-order valence-electron chi connectivity index (χ3n) is 1.88. The van der Waals surface area contributed by atoms with E-state index in [-0.39, 0.29) is 11.1 Å². The van der Waals surface area contributed by atoms with Crippen LogP contribution < -0.4 is 10.5 Å². The van der Waals surface area contributed by atoms with Crippen LogP contribution in [0, 0.1) is 17.0 Å². The molecule has 0 spiro atoms. The zero-order chi connectivity index (χ0) is 13.2. The van der Waals surface area contributed by atoms with E-state index in [0.29, 0.717) is 0 Å². The lowest BCUT2D eigenvalue weighted by atomic mass is 10.1. The number of hydrogen-bond donors (Lipinski definition) is 1. The molecule has 1 heterocycles. The molecule has 0 fully saturated rings. The largest absolute Gasteiger partial charge is 0.573 e. The minimum atomic E-state index is -4.94. The normalized spacial score (nSPS) is 11.4. The third kappa shape index (κ3) is 3.03. The van der Waals surface area contributed by atoms with Gasteiger partial charge in [-0.3, -0.25) is 0 Å². The first-order valence-corrected chi connectivity index (χ1v) is 4.35. The van der Waals surface area contributed by atoms with Crippen molar-refractivity contribution in [3.8, 4) is 5.75 Å². The number of hydrogen-bond acceptors (Lipinski definition) is 5. The lowest BCUT2D eigenvalue weighted by Gasteiger charge is -2.13. The molecule has 9 heteroatoms. The van der Waals surface area contributed by atoms with Crippen molar-refractivity contribution >= 4 is 5.82 Å². The van der Waals surface area contributed by atoms with E-state index in [1.807, 2.05) is 0 Å². The Balaban J connectivity index is 3.35. The maximum absolute atomic E-state index is 12.1. The fourth-order valence-corrected chi connectivity index (χ4v) is 1.23. The fraction of sp³-hybridized carbons (Fsp3) is 0.375. The molecular weight excluding hydrogens is 243 g/mol. The number of aromatic nitrogens is 1. The average molecular weight is 251 g/mol. The second-order valence-electron chi connectivity index (χ2n) is 3.08. The smallest absolute Gasteiger partial charge is 0.405 e. The van der Waals surface area contributed by atoms with E-state index in [1.54, 1.807) is 0 Å². The number of nitrogens with two attached hydrogens (primary N) is 1. The summed E-state index contributed by atoms with van der Waals surface area (Å²) >= 11 is 0. The van der Waals surface area contributed by atoms with Crippen molar-refractivity contribution in [2.45, 2.75) is 19.8 Å². The van der Waals surface area contributed by atoms with Crippen LogP contribution in [0.1, 0.15) is 11.1 Å². The fourth-order valence-electron chi connectivity index (χ4n) is 1.23. The van der Waals surface area contributed by atoms with Crippen LogP contribution in [0.5, 0.6) is 5.75 Å². The van der Waals surface area contributed by atoms with E-state index in [9.17, 15) is 23.3 Å². The number of rotatable bonds is 3. The highest BCUT2D eigenvalue weighted by Gasteiger charge is 2.35. The van der Waals surface area contributed by atoms with Gasteiger partial charge in [0.25, 0.3) is 0 Å². The summed E-state index contributed by atoms with van der Waals surface area (Å²) in [5.74, 6) is -1.40. The highest BCUT2D eigenvalue weighted by molar-refractivity contribution is 5.48. The molecule has 0 saturated heterocycles. The van der Waals surface area contributed by atoms with Crippen LogP contribution in [0.25, 0.3) is 0 Å². The molecule has 1 aromatic rings. The van der Waals surface area contributed by atoms with Crippen molar-refractivity contribution in [3.63, 3.8) is 0 Å². The van der Waals surface area contributed by atoms with Gasteiger partial charge in [-0.25, -0.2) is 0 Å². The van der Waals surface area contributed by atoms with Gasteiger partial charge in [0.1, 0.15) is 17.5 Å². The summed E-state index contributed by atoms with van der Waals surface area (Å²) in [4.78, 5) is 13.1. The minimum absolute atomic E-state index is 0.0216. The summed E-state index contributed by atoms with van der Waals surface area (Å²) in [6.45, 7) is 0.813. The number of alkyl halides is 3. The van der Waals surface area contributed by atoms with Crippen molar-refractivity contribution in [2.24, 2.45) is 5.73 Å². The van der Waals surface area contributed by atoms with E-state index >= 15 is 0 Å². The van der Waals surface area contributed by atoms with Gasteiger partial charge in [0.05, 0.1) is 0 Å². The van der Waals surface area contributed by atoms with Crippen LogP contribution in [0.15, 0.2) is 6.20 Å². The van der Waals surface area contributed by atoms with Crippen molar-refractivity contribution in [1.29, 1.82) is 0 Å². The molecule has 1 rings (SSSR count). The Labute approximate surface area is 93.3 Å². The van der Waals surface area contributed by atoms with Gasteiger partial charge >= 0.3 is 12.2 Å². The van der Waals surface area contributed by atoms with Gasteiger partial charge in [0, 0.05) is 12.1 Å². The molecule has 0 atom stereocenters. The van der Waals surface area contributed by atoms with Crippen LogP contribution in [0.4, 0.5) is 19.0 Å². The van der Waals surface area contributed by atoms with Crippen LogP contribution in [0.3, 0.4) is 0 Å². The summed E-state index contributed by atoms with van der Waals surface area (Å²) in [6, 6.07) is 0. The van der Waals surface area contributed by atoms with Gasteiger partial charge in [0.2, 0.25) is 0 Å². The molecule has 2 N–H and O–H groups in total. The maximum atomic E-state index is 12.1. The van der Waals surface area contributed by atoms with E-state index in [0.717, 1.165) is 6.20 Å². The van der Waals surface area contributed by atoms with Crippen LogP contribution in [0.2, 0.25) is 0 Å². The van der Waals surface area contributed by atoms with Crippen LogP contribution in [-0.4, -0.2) is 16.3 Å². The summed E-state index contributed by atoms with van der Waals surface area (Å²) in [5, 5.41) is 10.6. The first-order valence-electron chi connectivity index (χ1n) is 4.35. The Hall–Kier alpha value is -1.90. The zero-order valence-corrected chi connectivity index (χ0v) is 8.61. The molecule has 0 amide bonds. The molecule has 0 aliphatic rings. The van der Waals surface area contributed by atoms with E-state index in [4.69, 9.17) is 5.73 Å². The van der Waals surface area contributed by atoms with Crippen molar-refractivity contribution < 1.29 is 22.8 Å². The number of pyridine rings is 1. The van der Waals surface area contributed by atoms with Crippen LogP contribution in [-0.2, 0) is 6.54 Å². The summed E-state index contributed by atoms with van der Waals surface area (Å²) in [7, 11) is 0. The van der Waals surface area contributed by atoms with E-state index < -0.39 is 29.4 Å². The Kier molecular flexibility index (Phi) is 3.51. The van der Waals surface area contributed by atoms with Crippen molar-refractivity contribution in [3.05, 3.63) is 27.4 Å². The van der Waals surface area contributed by atoms with Crippen molar-refractivity contribution in [1.82, 2.24) is 4.98 Å². The molecule has 0 radical (unpaired) electrons. The minimum Gasteiger partial charge on any atom is -0.405 e. The summed E-state index contributed by atoms with van der Waals surface area (Å²) in [5.41, 5.74) is 4.82. The molecule has 0 aromatic carbocycles. The lowest BCUT2D eigenvalue weighted by molar-refractivity contribution is -0.390. The Morgan fingerprint density at radius 3 is 2.59 bits per heavy atom. The summed E-state index contributed by atoms with van der Waals surface area (Å²) in [6.07, 6.45) is -4.01.